The van der Waals surface area contributed by atoms with E-state index in [9.17, 15) is 9.90 Å². The first kappa shape index (κ1) is 25.8. The molecule has 0 spiro atoms. The Morgan fingerprint density at radius 3 is 2.42 bits per heavy atom. The summed E-state index contributed by atoms with van der Waals surface area (Å²) in [5.41, 5.74) is 2.13. The molecular weight excluding hydrogens is 468 g/mol. The number of carbonyl (C=O) groups is 1. The number of rotatable bonds is 11. The van der Waals surface area contributed by atoms with Gasteiger partial charge in [0.1, 0.15) is 11.8 Å². The summed E-state index contributed by atoms with van der Waals surface area (Å²) >= 11 is 0. The van der Waals surface area contributed by atoms with E-state index >= 15 is 8.78 Å². The van der Waals surface area contributed by atoms with Crippen LogP contribution in [0.1, 0.15) is 47.8 Å². The zero-order chi connectivity index (χ0) is 25.5. The molecule has 3 aromatic rings. The van der Waals surface area contributed by atoms with Crippen molar-refractivity contribution in [3.63, 3.8) is 0 Å². The molecule has 192 valence electrons. The molecule has 7 nitrogen and oxygen atoms in total. The Kier molecular flexibility index (Phi) is 8.32. The van der Waals surface area contributed by atoms with Crippen molar-refractivity contribution >= 4 is 6.09 Å². The molecule has 1 amide bonds. The predicted octanol–water partition coefficient (Wildman–Crippen LogP) is 5.51. The Morgan fingerprint density at radius 2 is 1.78 bits per heavy atom. The van der Waals surface area contributed by atoms with E-state index in [0.717, 1.165) is 16.0 Å². The van der Waals surface area contributed by atoms with Crippen molar-refractivity contribution in [3.8, 4) is 0 Å². The number of amides is 1. The van der Waals surface area contributed by atoms with E-state index in [-0.39, 0.29) is 31.2 Å². The molecule has 2 aromatic carbocycles. The molecule has 1 unspecified atom stereocenters. The molecule has 9 heteroatoms. The highest BCUT2D eigenvalue weighted by Crippen LogP contribution is 2.40. The van der Waals surface area contributed by atoms with Gasteiger partial charge in [0.05, 0.1) is 19.8 Å². The van der Waals surface area contributed by atoms with Gasteiger partial charge >= 0.3 is 12.0 Å². The van der Waals surface area contributed by atoms with E-state index in [1.54, 1.807) is 6.92 Å². The van der Waals surface area contributed by atoms with E-state index in [1.165, 1.54) is 0 Å². The van der Waals surface area contributed by atoms with Crippen molar-refractivity contribution in [1.82, 2.24) is 15.1 Å². The lowest BCUT2D eigenvalue weighted by molar-refractivity contribution is -0.156. The molecule has 36 heavy (non-hydrogen) atoms. The van der Waals surface area contributed by atoms with Crippen LogP contribution in [-0.2, 0) is 41.6 Å². The van der Waals surface area contributed by atoms with Gasteiger partial charge in [-0.05, 0) is 30.9 Å². The highest BCUT2D eigenvalue weighted by atomic mass is 19.3. The fourth-order valence-corrected chi connectivity index (χ4v) is 4.43. The number of hydrogen-bond acceptors (Lipinski definition) is 4. The predicted molar refractivity (Wildman–Crippen MR) is 130 cm³/mol. The summed E-state index contributed by atoms with van der Waals surface area (Å²) in [5, 5.41) is 16.2. The highest BCUT2D eigenvalue weighted by Gasteiger charge is 2.47. The Balaban J connectivity index is 1.47. The van der Waals surface area contributed by atoms with Crippen molar-refractivity contribution in [2.75, 3.05) is 6.61 Å². The van der Waals surface area contributed by atoms with Crippen LogP contribution in [0.4, 0.5) is 13.6 Å². The number of aromatic nitrogens is 2. The number of benzene rings is 2. The Bertz CT molecular complexity index is 1120. The third kappa shape index (κ3) is 6.09. The van der Waals surface area contributed by atoms with E-state index in [0.29, 0.717) is 31.7 Å². The number of nitrogens with one attached hydrogen (secondary N) is 1. The maximum atomic E-state index is 15.9. The third-order valence-electron chi connectivity index (χ3n) is 6.44. The smallest absolute Gasteiger partial charge is 0.407 e. The summed E-state index contributed by atoms with van der Waals surface area (Å²) in [6, 6.07) is 18.5. The molecule has 2 heterocycles. The van der Waals surface area contributed by atoms with Crippen LogP contribution in [0.2, 0.25) is 0 Å². The van der Waals surface area contributed by atoms with Crippen LogP contribution >= 0.6 is 0 Å². The molecule has 2 N–H and O–H groups in total. The van der Waals surface area contributed by atoms with Gasteiger partial charge < -0.3 is 19.5 Å². The van der Waals surface area contributed by atoms with Crippen molar-refractivity contribution in [1.29, 1.82) is 0 Å². The lowest BCUT2D eigenvalue weighted by Crippen LogP contribution is -2.43. The fraction of sp³-hybridized carbons (Fsp3) is 0.407. The van der Waals surface area contributed by atoms with Gasteiger partial charge in [0.15, 0.2) is 0 Å². The molecule has 0 aliphatic carbocycles. The molecule has 4 rings (SSSR count). The molecular formula is C27H31F2N3O4. The normalized spacial score (nSPS) is 16.5. The fourth-order valence-electron chi connectivity index (χ4n) is 4.43. The summed E-state index contributed by atoms with van der Waals surface area (Å²) in [4.78, 5) is 12.8. The largest absolute Gasteiger partial charge is 0.465 e. The Morgan fingerprint density at radius 1 is 1.14 bits per heavy atom. The highest BCUT2D eigenvalue weighted by molar-refractivity contribution is 5.66. The summed E-state index contributed by atoms with van der Waals surface area (Å²) in [5.74, 6) is -3.43. The van der Waals surface area contributed by atoms with E-state index in [2.05, 4.69) is 10.2 Å². The van der Waals surface area contributed by atoms with Gasteiger partial charge in [-0.1, -0.05) is 60.7 Å². The van der Waals surface area contributed by atoms with Crippen LogP contribution in [0.15, 0.2) is 60.7 Å². The van der Waals surface area contributed by atoms with Gasteiger partial charge in [-0.25, -0.2) is 4.79 Å². The average Bonchev–Trinajstić information content (AvgIpc) is 3.29. The zero-order valence-corrected chi connectivity index (χ0v) is 20.2. The number of nitrogens with zero attached hydrogens (tertiary/aromatic N) is 2. The van der Waals surface area contributed by atoms with Gasteiger partial charge in [0.2, 0.25) is 0 Å². The van der Waals surface area contributed by atoms with Gasteiger partial charge in [-0.3, -0.25) is 5.10 Å². The first-order chi connectivity index (χ1) is 17.4. The van der Waals surface area contributed by atoms with E-state index in [4.69, 9.17) is 9.47 Å². The van der Waals surface area contributed by atoms with Gasteiger partial charge in [0, 0.05) is 30.3 Å². The summed E-state index contributed by atoms with van der Waals surface area (Å²) in [6.07, 6.45) is -1.88. The first-order valence-corrected chi connectivity index (χ1v) is 12.1. The minimum atomic E-state index is -3.43. The van der Waals surface area contributed by atoms with E-state index < -0.39 is 23.8 Å². The second-order valence-corrected chi connectivity index (χ2v) is 9.08. The van der Waals surface area contributed by atoms with Crippen LogP contribution in [-0.4, -0.2) is 45.0 Å². The number of carboxylic acid groups (broad SMARTS) is 1. The lowest BCUT2D eigenvalue weighted by Gasteiger charge is -2.32. The molecule has 1 aliphatic heterocycles. The summed E-state index contributed by atoms with van der Waals surface area (Å²) in [7, 11) is 0. The van der Waals surface area contributed by atoms with E-state index in [1.807, 2.05) is 60.7 Å². The van der Waals surface area contributed by atoms with Crippen molar-refractivity contribution in [2.45, 2.75) is 64.0 Å². The number of alkyl halides is 2. The number of fused-ring (bicyclic) bond motifs is 1. The number of ether oxygens (including phenoxy) is 2. The average molecular weight is 500 g/mol. The first-order valence-electron chi connectivity index (χ1n) is 12.1. The summed E-state index contributed by atoms with van der Waals surface area (Å²) in [6.45, 7) is 2.34. The maximum Gasteiger partial charge on any atom is 0.407 e. The SMILES string of the molecule is C[C@@H]1Cc2[nH]nc(C(F)(F)C(CCCOCc3ccccc3)OCc3ccccc3)c2CN1C(=O)O. The van der Waals surface area contributed by atoms with Crippen LogP contribution in [0.3, 0.4) is 0 Å². The molecule has 1 aliphatic rings. The zero-order valence-electron chi connectivity index (χ0n) is 20.2. The number of halogens is 2. The minimum Gasteiger partial charge on any atom is -0.465 e. The quantitative estimate of drug-likeness (QED) is 0.340. The lowest BCUT2D eigenvalue weighted by atomic mass is 9.95. The van der Waals surface area contributed by atoms with Gasteiger partial charge in [0.25, 0.3) is 0 Å². The van der Waals surface area contributed by atoms with Crippen LogP contribution < -0.4 is 0 Å². The molecule has 0 radical (unpaired) electrons. The van der Waals surface area contributed by atoms with Crippen molar-refractivity contribution in [3.05, 3.63) is 88.7 Å². The molecule has 0 bridgehead atoms. The van der Waals surface area contributed by atoms with Crippen LogP contribution in [0.25, 0.3) is 0 Å². The van der Waals surface area contributed by atoms with Gasteiger partial charge in [-0.15, -0.1) is 0 Å². The molecule has 0 saturated heterocycles. The molecule has 0 saturated carbocycles. The Labute approximate surface area is 209 Å². The second kappa shape index (κ2) is 11.6. The van der Waals surface area contributed by atoms with Gasteiger partial charge in [-0.2, -0.15) is 13.9 Å². The topological polar surface area (TPSA) is 87.7 Å². The standard InChI is InChI=1S/C27H31F2N3O4/c1-19-15-23-22(16-32(19)26(33)34)25(31-30-23)27(28,29)24(36-18-21-11-6-3-7-12-21)13-8-14-35-17-20-9-4-2-5-10-20/h2-7,9-12,19,24H,8,13-18H2,1H3,(H,30,31)(H,33,34)/t19-,24?/m1/s1. The maximum absolute atomic E-state index is 15.9. The van der Waals surface area contributed by atoms with Crippen molar-refractivity contribution < 1.29 is 28.2 Å². The second-order valence-electron chi connectivity index (χ2n) is 9.08. The number of aromatic amines is 1. The monoisotopic (exact) mass is 499 g/mol. The third-order valence-corrected chi connectivity index (χ3v) is 6.44. The number of hydrogen-bond donors (Lipinski definition) is 2. The van der Waals surface area contributed by atoms with Crippen molar-refractivity contribution in [2.24, 2.45) is 0 Å². The molecule has 1 aromatic heterocycles. The number of H-pyrrole nitrogens is 1. The minimum absolute atomic E-state index is 0.0247. The Hall–Kier alpha value is -3.30. The molecule has 0 fully saturated rings. The molecule has 2 atom stereocenters. The van der Waals surface area contributed by atoms with Crippen LogP contribution in [0.5, 0.6) is 0 Å². The summed E-state index contributed by atoms with van der Waals surface area (Å²) < 4.78 is 43.3. The van der Waals surface area contributed by atoms with Crippen LogP contribution in [0, 0.1) is 0 Å².